The van der Waals surface area contributed by atoms with Gasteiger partial charge in [-0.3, -0.25) is 14.9 Å². The molecule has 0 spiro atoms. The molecule has 0 radical (unpaired) electrons. The van der Waals surface area contributed by atoms with Crippen LogP contribution in [-0.4, -0.2) is 9.91 Å². The van der Waals surface area contributed by atoms with E-state index in [0.717, 1.165) is 19.3 Å². The fourth-order valence-electron chi connectivity index (χ4n) is 3.21. The Morgan fingerprint density at radius 2 is 1.86 bits per heavy atom. The van der Waals surface area contributed by atoms with E-state index in [1.807, 2.05) is 12.1 Å². The van der Waals surface area contributed by atoms with E-state index in [2.05, 4.69) is 4.98 Å². The molecule has 0 atom stereocenters. The zero-order chi connectivity index (χ0) is 14.6. The van der Waals surface area contributed by atoms with Crippen molar-refractivity contribution in [2.24, 2.45) is 0 Å². The van der Waals surface area contributed by atoms with E-state index in [1.54, 1.807) is 12.1 Å². The molecule has 0 fully saturated rings. The first kappa shape index (κ1) is 12.1. The Bertz CT molecular complexity index is 973. The Kier molecular flexibility index (Phi) is 2.39. The Morgan fingerprint density at radius 3 is 2.62 bits per heavy atom. The van der Waals surface area contributed by atoms with E-state index in [4.69, 9.17) is 0 Å². The number of aromatic nitrogens is 1. The van der Waals surface area contributed by atoms with Crippen molar-refractivity contribution in [1.29, 1.82) is 0 Å². The topological polar surface area (TPSA) is 76.0 Å². The third kappa shape index (κ3) is 1.67. The van der Waals surface area contributed by atoms with Crippen LogP contribution in [0.2, 0.25) is 0 Å². The molecule has 0 aliphatic heterocycles. The van der Waals surface area contributed by atoms with Gasteiger partial charge in [0, 0.05) is 11.5 Å². The van der Waals surface area contributed by atoms with E-state index in [-0.39, 0.29) is 11.1 Å². The Labute approximate surface area is 119 Å². The summed E-state index contributed by atoms with van der Waals surface area (Å²) in [6.07, 6.45) is 3.10. The molecular weight excluding hydrogens is 268 g/mol. The van der Waals surface area contributed by atoms with Gasteiger partial charge >= 0.3 is 0 Å². The summed E-state index contributed by atoms with van der Waals surface area (Å²) in [7, 11) is 0. The summed E-state index contributed by atoms with van der Waals surface area (Å²) >= 11 is 0. The van der Waals surface area contributed by atoms with Crippen molar-refractivity contribution in [3.05, 3.63) is 61.8 Å². The molecule has 0 saturated heterocycles. The summed E-state index contributed by atoms with van der Waals surface area (Å²) in [5, 5.41) is 12.1. The first-order chi connectivity index (χ1) is 10.1. The molecule has 104 valence electrons. The number of H-pyrrole nitrogens is 1. The Hall–Kier alpha value is -2.69. The lowest BCUT2D eigenvalue weighted by Crippen LogP contribution is -2.06. The van der Waals surface area contributed by atoms with Crippen molar-refractivity contribution in [3.8, 4) is 0 Å². The van der Waals surface area contributed by atoms with Crippen LogP contribution in [0, 0.1) is 10.1 Å². The third-order valence-corrected chi connectivity index (χ3v) is 4.22. The van der Waals surface area contributed by atoms with Gasteiger partial charge in [0.2, 0.25) is 0 Å². The SMILES string of the molecule is O=c1c2cc3c(cc2[nH]c2c([N+](=O)[O-])cccc12)CCC3. The van der Waals surface area contributed by atoms with Crippen LogP contribution in [0.4, 0.5) is 5.69 Å². The third-order valence-electron chi connectivity index (χ3n) is 4.22. The normalized spacial score (nSPS) is 13.7. The van der Waals surface area contributed by atoms with Crippen LogP contribution in [0.15, 0.2) is 35.1 Å². The number of pyridine rings is 1. The van der Waals surface area contributed by atoms with Gasteiger partial charge in [0.15, 0.2) is 5.43 Å². The molecule has 3 aromatic rings. The second kappa shape index (κ2) is 4.15. The van der Waals surface area contributed by atoms with Crippen molar-refractivity contribution < 1.29 is 4.92 Å². The maximum Gasteiger partial charge on any atom is 0.293 e. The highest BCUT2D eigenvalue weighted by molar-refractivity contribution is 5.97. The van der Waals surface area contributed by atoms with E-state index < -0.39 is 4.92 Å². The second-order valence-corrected chi connectivity index (χ2v) is 5.43. The molecule has 21 heavy (non-hydrogen) atoms. The highest BCUT2D eigenvalue weighted by Crippen LogP contribution is 2.28. The van der Waals surface area contributed by atoms with Crippen LogP contribution in [0.5, 0.6) is 0 Å². The molecular formula is C16H12N2O3. The number of nitrogens with one attached hydrogen (secondary N) is 1. The van der Waals surface area contributed by atoms with Crippen LogP contribution in [0.3, 0.4) is 0 Å². The van der Waals surface area contributed by atoms with Gasteiger partial charge in [-0.05, 0) is 48.6 Å². The number of non-ortho nitro benzene ring substituents is 1. The fraction of sp³-hybridized carbons (Fsp3) is 0.188. The minimum atomic E-state index is -0.461. The summed E-state index contributed by atoms with van der Waals surface area (Å²) < 4.78 is 0. The maximum atomic E-state index is 12.6. The molecule has 5 heteroatoms. The number of hydrogen-bond acceptors (Lipinski definition) is 3. The highest BCUT2D eigenvalue weighted by atomic mass is 16.6. The van der Waals surface area contributed by atoms with Gasteiger partial charge in [-0.2, -0.15) is 0 Å². The molecule has 1 heterocycles. The zero-order valence-corrected chi connectivity index (χ0v) is 11.2. The number of fused-ring (bicyclic) bond motifs is 3. The van der Waals surface area contributed by atoms with Crippen LogP contribution in [0.1, 0.15) is 17.5 Å². The van der Waals surface area contributed by atoms with Gasteiger partial charge in [-0.15, -0.1) is 0 Å². The first-order valence-electron chi connectivity index (χ1n) is 6.90. The van der Waals surface area contributed by atoms with Gasteiger partial charge in [0.25, 0.3) is 5.69 Å². The molecule has 0 unspecified atom stereocenters. The zero-order valence-electron chi connectivity index (χ0n) is 11.2. The van der Waals surface area contributed by atoms with Gasteiger partial charge < -0.3 is 4.98 Å². The van der Waals surface area contributed by atoms with Gasteiger partial charge in [0.1, 0.15) is 5.52 Å². The summed E-state index contributed by atoms with van der Waals surface area (Å²) in [5.41, 5.74) is 3.23. The quantitative estimate of drug-likeness (QED) is 0.423. The summed E-state index contributed by atoms with van der Waals surface area (Å²) in [6, 6.07) is 8.50. The van der Waals surface area contributed by atoms with Gasteiger partial charge in [-0.25, -0.2) is 0 Å². The van der Waals surface area contributed by atoms with Gasteiger partial charge in [-0.1, -0.05) is 6.07 Å². The number of benzene rings is 2. The smallest absolute Gasteiger partial charge is 0.293 e. The molecule has 0 saturated carbocycles. The molecule has 1 aliphatic carbocycles. The van der Waals surface area contributed by atoms with Crippen molar-refractivity contribution >= 4 is 27.5 Å². The molecule has 5 nitrogen and oxygen atoms in total. The highest BCUT2D eigenvalue weighted by Gasteiger charge is 2.18. The Balaban J connectivity index is 2.19. The monoisotopic (exact) mass is 280 g/mol. The number of nitro benzene ring substituents is 1. The van der Waals surface area contributed by atoms with Crippen molar-refractivity contribution in [2.45, 2.75) is 19.3 Å². The van der Waals surface area contributed by atoms with Crippen LogP contribution in [-0.2, 0) is 12.8 Å². The summed E-state index contributed by atoms with van der Waals surface area (Å²) in [6.45, 7) is 0. The average Bonchev–Trinajstić information content (AvgIpc) is 2.92. The molecule has 0 bridgehead atoms. The van der Waals surface area contributed by atoms with Crippen LogP contribution >= 0.6 is 0 Å². The molecule has 2 aromatic carbocycles. The lowest BCUT2D eigenvalue weighted by Gasteiger charge is -2.06. The molecule has 1 N–H and O–H groups in total. The van der Waals surface area contributed by atoms with Crippen molar-refractivity contribution in [1.82, 2.24) is 4.98 Å². The fourth-order valence-corrected chi connectivity index (χ4v) is 3.21. The standard InChI is InChI=1S/C16H12N2O3/c19-16-11-5-2-6-14(18(20)21)15(11)17-13-8-10-4-1-3-9(10)7-12(13)16/h2,5-8H,1,3-4H2,(H,17,19). The number of aryl methyl sites for hydroxylation is 2. The van der Waals surface area contributed by atoms with Gasteiger partial charge in [0.05, 0.1) is 15.8 Å². The second-order valence-electron chi connectivity index (χ2n) is 5.43. The number of para-hydroxylation sites is 1. The first-order valence-corrected chi connectivity index (χ1v) is 6.90. The Morgan fingerprint density at radius 1 is 1.10 bits per heavy atom. The van der Waals surface area contributed by atoms with E-state index in [0.29, 0.717) is 21.8 Å². The average molecular weight is 280 g/mol. The molecule has 1 aliphatic rings. The lowest BCUT2D eigenvalue weighted by molar-refractivity contribution is -0.383. The predicted molar refractivity (Wildman–Crippen MR) is 80.8 cm³/mol. The molecule has 4 rings (SSSR count). The number of nitrogens with zero attached hydrogens (tertiary/aromatic N) is 1. The number of aromatic amines is 1. The van der Waals surface area contributed by atoms with Crippen molar-refractivity contribution in [2.75, 3.05) is 0 Å². The summed E-state index contributed by atoms with van der Waals surface area (Å²) in [5.74, 6) is 0. The minimum Gasteiger partial charge on any atom is -0.349 e. The number of nitro groups is 1. The van der Waals surface area contributed by atoms with E-state index in [1.165, 1.54) is 17.2 Å². The number of rotatable bonds is 1. The van der Waals surface area contributed by atoms with E-state index >= 15 is 0 Å². The molecule has 1 aromatic heterocycles. The minimum absolute atomic E-state index is 0.0630. The predicted octanol–water partition coefficient (Wildman–Crippen LogP) is 3.08. The van der Waals surface area contributed by atoms with Crippen LogP contribution < -0.4 is 5.43 Å². The number of hydrogen-bond donors (Lipinski definition) is 1. The van der Waals surface area contributed by atoms with Crippen molar-refractivity contribution in [3.63, 3.8) is 0 Å². The van der Waals surface area contributed by atoms with E-state index in [9.17, 15) is 14.9 Å². The van der Waals surface area contributed by atoms with Crippen LogP contribution in [0.25, 0.3) is 21.8 Å². The molecule has 0 amide bonds. The lowest BCUT2D eigenvalue weighted by atomic mass is 10.0. The maximum absolute atomic E-state index is 12.6. The largest absolute Gasteiger partial charge is 0.349 e. The summed E-state index contributed by atoms with van der Waals surface area (Å²) in [4.78, 5) is 26.4.